The van der Waals surface area contributed by atoms with E-state index >= 15 is 0 Å². The van der Waals surface area contributed by atoms with Crippen molar-refractivity contribution < 1.29 is 8.42 Å². The lowest BCUT2D eigenvalue weighted by atomic mass is 10.2. The van der Waals surface area contributed by atoms with Crippen molar-refractivity contribution in [1.82, 2.24) is 9.71 Å². The lowest BCUT2D eigenvalue weighted by Crippen LogP contribution is -2.28. The van der Waals surface area contributed by atoms with Crippen LogP contribution >= 0.6 is 27.3 Å². The van der Waals surface area contributed by atoms with Crippen LogP contribution in [0, 0.1) is 0 Å². The Morgan fingerprint density at radius 2 is 2.25 bits per heavy atom. The molecule has 2 rings (SSSR count). The molecule has 5 nitrogen and oxygen atoms in total. The summed E-state index contributed by atoms with van der Waals surface area (Å²) >= 11 is 4.73. The van der Waals surface area contributed by atoms with E-state index in [1.54, 1.807) is 18.3 Å². The number of rotatable bonds is 5. The monoisotopic (exact) mass is 375 g/mol. The average Bonchev–Trinajstić information content (AvgIpc) is 2.93. The third kappa shape index (κ3) is 3.57. The van der Waals surface area contributed by atoms with Crippen LogP contribution in [-0.4, -0.2) is 19.9 Å². The maximum absolute atomic E-state index is 12.3. The second kappa shape index (κ2) is 6.21. The number of anilines is 1. The van der Waals surface area contributed by atoms with Crippen molar-refractivity contribution in [3.8, 4) is 0 Å². The summed E-state index contributed by atoms with van der Waals surface area (Å²) in [5, 5.41) is 2.77. The molecule has 0 aliphatic heterocycles. The molecule has 0 saturated heterocycles. The number of sulfonamides is 1. The van der Waals surface area contributed by atoms with Gasteiger partial charge in [0.15, 0.2) is 0 Å². The first-order valence-electron chi connectivity index (χ1n) is 5.84. The molecule has 0 aliphatic rings. The lowest BCUT2D eigenvalue weighted by Gasteiger charge is -2.12. The number of nitrogens with zero attached hydrogens (tertiary/aromatic N) is 1. The summed E-state index contributed by atoms with van der Waals surface area (Å²) in [7, 11) is -3.60. The number of thiazole rings is 1. The number of benzene rings is 1. The molecule has 0 radical (unpaired) electrons. The normalized spacial score (nSPS) is 13.3. The summed E-state index contributed by atoms with van der Waals surface area (Å²) in [6, 6.07) is 4.69. The summed E-state index contributed by atoms with van der Waals surface area (Å²) in [5.41, 5.74) is 6.04. The Morgan fingerprint density at radius 1 is 1.50 bits per heavy atom. The first-order valence-corrected chi connectivity index (χ1v) is 9.00. The smallest absolute Gasteiger partial charge is 0.241 e. The fraction of sp³-hybridized carbons (Fsp3) is 0.250. The SMILES string of the molecule is CC(CNS(=O)(=O)c1cc(N)ccc1Br)c1nccs1. The fourth-order valence-electron chi connectivity index (χ4n) is 1.60. The topological polar surface area (TPSA) is 85.1 Å². The summed E-state index contributed by atoms with van der Waals surface area (Å²) < 4.78 is 27.6. The molecule has 0 saturated carbocycles. The number of hydrogen-bond donors (Lipinski definition) is 2. The average molecular weight is 376 g/mol. The van der Waals surface area contributed by atoms with E-state index < -0.39 is 10.0 Å². The van der Waals surface area contributed by atoms with Gasteiger partial charge in [-0.1, -0.05) is 6.92 Å². The number of hydrogen-bond acceptors (Lipinski definition) is 5. The third-order valence-electron chi connectivity index (χ3n) is 2.70. The van der Waals surface area contributed by atoms with E-state index in [-0.39, 0.29) is 17.4 Å². The Hall–Kier alpha value is -0.960. The molecule has 0 spiro atoms. The predicted molar refractivity (Wildman–Crippen MR) is 84.3 cm³/mol. The molecule has 1 unspecified atom stereocenters. The highest BCUT2D eigenvalue weighted by Crippen LogP contribution is 2.24. The minimum atomic E-state index is -3.60. The maximum Gasteiger partial charge on any atom is 0.241 e. The summed E-state index contributed by atoms with van der Waals surface area (Å²) in [5.74, 6) is 0.0182. The van der Waals surface area contributed by atoms with Crippen molar-refractivity contribution in [2.24, 2.45) is 0 Å². The highest BCUT2D eigenvalue weighted by Gasteiger charge is 2.19. The minimum Gasteiger partial charge on any atom is -0.399 e. The molecule has 1 heterocycles. The molecule has 8 heteroatoms. The van der Waals surface area contributed by atoms with E-state index in [4.69, 9.17) is 5.73 Å². The van der Waals surface area contributed by atoms with Gasteiger partial charge in [0.25, 0.3) is 0 Å². The van der Waals surface area contributed by atoms with Gasteiger partial charge in [0, 0.05) is 34.2 Å². The molecule has 2 aromatic rings. The van der Waals surface area contributed by atoms with E-state index in [0.717, 1.165) is 5.01 Å². The van der Waals surface area contributed by atoms with Crippen LogP contribution in [0.15, 0.2) is 39.1 Å². The Labute approximate surface area is 130 Å². The van der Waals surface area contributed by atoms with Gasteiger partial charge < -0.3 is 5.73 Å². The van der Waals surface area contributed by atoms with E-state index in [9.17, 15) is 8.42 Å². The number of nitrogens with one attached hydrogen (secondary N) is 1. The summed E-state index contributed by atoms with van der Waals surface area (Å²) in [6.45, 7) is 2.22. The zero-order valence-corrected chi connectivity index (χ0v) is 13.9. The van der Waals surface area contributed by atoms with Crippen molar-refractivity contribution in [3.05, 3.63) is 39.3 Å². The number of nitrogen functional groups attached to an aromatic ring is 1. The molecular formula is C12H14BrN3O2S2. The van der Waals surface area contributed by atoms with Crippen LogP contribution in [0.3, 0.4) is 0 Å². The van der Waals surface area contributed by atoms with Gasteiger partial charge in [-0.05, 0) is 34.1 Å². The molecule has 20 heavy (non-hydrogen) atoms. The molecule has 0 amide bonds. The van der Waals surface area contributed by atoms with Crippen LogP contribution in [0.1, 0.15) is 17.8 Å². The first kappa shape index (κ1) is 15.4. The van der Waals surface area contributed by atoms with Crippen molar-refractivity contribution in [3.63, 3.8) is 0 Å². The van der Waals surface area contributed by atoms with Crippen molar-refractivity contribution >= 4 is 43.0 Å². The quantitative estimate of drug-likeness (QED) is 0.786. The molecule has 1 aromatic heterocycles. The highest BCUT2D eigenvalue weighted by molar-refractivity contribution is 9.10. The summed E-state index contributed by atoms with van der Waals surface area (Å²) in [4.78, 5) is 4.32. The number of aromatic nitrogens is 1. The Balaban J connectivity index is 2.13. The number of nitrogens with two attached hydrogens (primary N) is 1. The van der Waals surface area contributed by atoms with Crippen LogP contribution in [0.5, 0.6) is 0 Å². The van der Waals surface area contributed by atoms with Crippen LogP contribution in [0.2, 0.25) is 0 Å². The van der Waals surface area contributed by atoms with Gasteiger partial charge in [0.05, 0.1) is 9.90 Å². The zero-order valence-electron chi connectivity index (χ0n) is 10.7. The standard InChI is InChI=1S/C12H14BrN3O2S2/c1-8(12-15-4-5-19-12)7-16-20(17,18)11-6-9(14)2-3-10(11)13/h2-6,8,16H,7,14H2,1H3. The van der Waals surface area contributed by atoms with Gasteiger partial charge in [0.1, 0.15) is 0 Å². The van der Waals surface area contributed by atoms with Gasteiger partial charge in [-0.15, -0.1) is 11.3 Å². The minimum absolute atomic E-state index is 0.0182. The van der Waals surface area contributed by atoms with Crippen LogP contribution in [-0.2, 0) is 10.0 Å². The second-order valence-electron chi connectivity index (χ2n) is 4.31. The van der Waals surface area contributed by atoms with E-state index in [0.29, 0.717) is 10.2 Å². The van der Waals surface area contributed by atoms with Crippen molar-refractivity contribution in [1.29, 1.82) is 0 Å². The maximum atomic E-state index is 12.3. The van der Waals surface area contributed by atoms with Gasteiger partial charge in [-0.2, -0.15) is 0 Å². The van der Waals surface area contributed by atoms with Crippen LogP contribution in [0.4, 0.5) is 5.69 Å². The Bertz CT molecular complexity index is 687. The Kier molecular flexibility index (Phi) is 4.79. The molecule has 3 N–H and O–H groups in total. The van der Waals surface area contributed by atoms with Crippen LogP contribution in [0.25, 0.3) is 0 Å². The van der Waals surface area contributed by atoms with Crippen molar-refractivity contribution in [2.45, 2.75) is 17.7 Å². The predicted octanol–water partition coefficient (Wildman–Crippen LogP) is 2.57. The van der Waals surface area contributed by atoms with Crippen molar-refractivity contribution in [2.75, 3.05) is 12.3 Å². The zero-order chi connectivity index (χ0) is 14.8. The molecule has 0 fully saturated rings. The molecule has 1 aromatic carbocycles. The first-order chi connectivity index (χ1) is 9.40. The van der Waals surface area contributed by atoms with Crippen LogP contribution < -0.4 is 10.5 Å². The van der Waals surface area contributed by atoms with Gasteiger partial charge in [0.2, 0.25) is 10.0 Å². The molecule has 1 atom stereocenters. The third-order valence-corrected chi connectivity index (χ3v) is 6.12. The molecule has 0 bridgehead atoms. The van der Waals surface area contributed by atoms with E-state index in [1.807, 2.05) is 12.3 Å². The molecular weight excluding hydrogens is 362 g/mol. The van der Waals surface area contributed by atoms with E-state index in [1.165, 1.54) is 17.4 Å². The highest BCUT2D eigenvalue weighted by atomic mass is 79.9. The van der Waals surface area contributed by atoms with Gasteiger partial charge >= 0.3 is 0 Å². The summed E-state index contributed by atoms with van der Waals surface area (Å²) in [6.07, 6.45) is 1.71. The van der Waals surface area contributed by atoms with E-state index in [2.05, 4.69) is 25.6 Å². The second-order valence-corrected chi connectivity index (χ2v) is 7.83. The Morgan fingerprint density at radius 3 is 2.90 bits per heavy atom. The van der Waals surface area contributed by atoms with Gasteiger partial charge in [-0.3, -0.25) is 0 Å². The lowest BCUT2D eigenvalue weighted by molar-refractivity contribution is 0.574. The van der Waals surface area contributed by atoms with Gasteiger partial charge in [-0.25, -0.2) is 18.1 Å². The molecule has 108 valence electrons. The largest absolute Gasteiger partial charge is 0.399 e. The number of halogens is 1. The molecule has 0 aliphatic carbocycles. The fourth-order valence-corrected chi connectivity index (χ4v) is 4.43.